The summed E-state index contributed by atoms with van der Waals surface area (Å²) in [5, 5.41) is 0.120. The second-order valence-electron chi connectivity index (χ2n) is 3.50. The predicted molar refractivity (Wildman–Crippen MR) is 59.4 cm³/mol. The van der Waals surface area contributed by atoms with Crippen LogP contribution in [-0.2, 0) is 6.18 Å². The number of benzene rings is 1. The number of aromatic nitrogens is 2. The Bertz CT molecular complexity index is 592. The molecule has 94 valence electrons. The Hall–Kier alpha value is -1.82. The van der Waals surface area contributed by atoms with Crippen LogP contribution in [0.15, 0.2) is 24.4 Å². The highest BCUT2D eigenvalue weighted by Crippen LogP contribution is 2.34. The molecule has 7 heteroatoms. The van der Waals surface area contributed by atoms with Crippen molar-refractivity contribution < 1.29 is 18.0 Å². The first kappa shape index (κ1) is 12.6. The van der Waals surface area contributed by atoms with Crippen molar-refractivity contribution in [2.45, 2.75) is 6.18 Å². The van der Waals surface area contributed by atoms with E-state index in [0.29, 0.717) is 6.29 Å². The maximum atomic E-state index is 12.6. The van der Waals surface area contributed by atoms with Crippen LogP contribution in [0.5, 0.6) is 0 Å². The molecule has 0 spiro atoms. The molecule has 0 saturated carbocycles. The molecule has 2 aromatic rings. The van der Waals surface area contributed by atoms with Crippen molar-refractivity contribution in [3.05, 3.63) is 40.7 Å². The molecule has 18 heavy (non-hydrogen) atoms. The van der Waals surface area contributed by atoms with Gasteiger partial charge in [0, 0.05) is 5.56 Å². The van der Waals surface area contributed by atoms with Gasteiger partial charge in [-0.2, -0.15) is 13.2 Å². The second-order valence-corrected chi connectivity index (χ2v) is 3.90. The van der Waals surface area contributed by atoms with Crippen LogP contribution < -0.4 is 0 Å². The maximum absolute atomic E-state index is 12.6. The molecule has 0 aliphatic carbocycles. The maximum Gasteiger partial charge on any atom is 0.416 e. The average Bonchev–Trinajstić information content (AvgIpc) is 2.76. The van der Waals surface area contributed by atoms with Crippen LogP contribution in [0.4, 0.5) is 13.2 Å². The van der Waals surface area contributed by atoms with Crippen LogP contribution >= 0.6 is 11.6 Å². The summed E-state index contributed by atoms with van der Waals surface area (Å²) in [6.45, 7) is 0. The summed E-state index contributed by atoms with van der Waals surface area (Å²) in [6, 6.07) is 2.91. The first-order valence-electron chi connectivity index (χ1n) is 4.79. The van der Waals surface area contributed by atoms with Gasteiger partial charge in [0.25, 0.3) is 0 Å². The minimum absolute atomic E-state index is 0.0968. The van der Waals surface area contributed by atoms with Crippen molar-refractivity contribution in [2.75, 3.05) is 0 Å². The SMILES string of the molecule is O=Cc1cnc(-c2cc(C(F)(F)F)ccc2Cl)[nH]1. The number of hydrogen-bond acceptors (Lipinski definition) is 2. The molecule has 0 atom stereocenters. The third-order valence-corrected chi connectivity index (χ3v) is 2.60. The van der Waals surface area contributed by atoms with Crippen LogP contribution in [-0.4, -0.2) is 16.3 Å². The highest BCUT2D eigenvalue weighted by atomic mass is 35.5. The van der Waals surface area contributed by atoms with Crippen molar-refractivity contribution >= 4 is 17.9 Å². The fourth-order valence-corrected chi connectivity index (χ4v) is 1.62. The number of alkyl halides is 3. The lowest BCUT2D eigenvalue weighted by Crippen LogP contribution is -2.05. The van der Waals surface area contributed by atoms with Gasteiger partial charge in [-0.3, -0.25) is 4.79 Å². The zero-order valence-electron chi connectivity index (χ0n) is 8.75. The molecule has 0 amide bonds. The molecule has 2 rings (SSSR count). The third kappa shape index (κ3) is 2.38. The number of aromatic amines is 1. The monoisotopic (exact) mass is 274 g/mol. The zero-order valence-corrected chi connectivity index (χ0v) is 9.51. The van der Waals surface area contributed by atoms with Crippen molar-refractivity contribution in [2.24, 2.45) is 0 Å². The summed E-state index contributed by atoms with van der Waals surface area (Å²) < 4.78 is 37.7. The smallest absolute Gasteiger partial charge is 0.336 e. The molecule has 1 aromatic carbocycles. The molecule has 0 fully saturated rings. The largest absolute Gasteiger partial charge is 0.416 e. The number of imidazole rings is 1. The molecule has 0 saturated heterocycles. The Kier molecular flexibility index (Phi) is 3.13. The van der Waals surface area contributed by atoms with Crippen LogP contribution in [0, 0.1) is 0 Å². The van der Waals surface area contributed by atoms with E-state index in [0.717, 1.165) is 18.2 Å². The van der Waals surface area contributed by atoms with Gasteiger partial charge in [-0.15, -0.1) is 0 Å². The van der Waals surface area contributed by atoms with Gasteiger partial charge in [-0.05, 0) is 18.2 Å². The predicted octanol–water partition coefficient (Wildman–Crippen LogP) is 3.56. The standard InChI is InChI=1S/C11H6ClF3N2O/c12-9-2-1-6(11(13,14)15)3-8(9)10-16-4-7(5-18)17-10/h1-5H,(H,16,17). The Morgan fingerprint density at radius 1 is 1.33 bits per heavy atom. The lowest BCUT2D eigenvalue weighted by atomic mass is 10.1. The number of rotatable bonds is 2. The molecule has 1 heterocycles. The number of hydrogen-bond donors (Lipinski definition) is 1. The van der Waals surface area contributed by atoms with E-state index < -0.39 is 11.7 Å². The summed E-state index contributed by atoms with van der Waals surface area (Å²) in [7, 11) is 0. The fraction of sp³-hybridized carbons (Fsp3) is 0.0909. The summed E-state index contributed by atoms with van der Waals surface area (Å²) in [6.07, 6.45) is -2.73. The second kappa shape index (κ2) is 4.45. The Morgan fingerprint density at radius 3 is 2.61 bits per heavy atom. The summed E-state index contributed by atoms with van der Waals surface area (Å²) in [5.41, 5.74) is -0.566. The Morgan fingerprint density at radius 2 is 2.06 bits per heavy atom. The zero-order chi connectivity index (χ0) is 13.3. The molecule has 1 aromatic heterocycles. The number of nitrogens with one attached hydrogen (secondary N) is 1. The van der Waals surface area contributed by atoms with Gasteiger partial charge in [0.1, 0.15) is 5.82 Å². The van der Waals surface area contributed by atoms with Gasteiger partial charge in [-0.1, -0.05) is 11.6 Å². The van der Waals surface area contributed by atoms with Gasteiger partial charge in [-0.25, -0.2) is 4.98 Å². The van der Waals surface area contributed by atoms with Crippen LogP contribution in [0.25, 0.3) is 11.4 Å². The molecule has 0 aliphatic rings. The first-order valence-corrected chi connectivity index (χ1v) is 5.17. The summed E-state index contributed by atoms with van der Waals surface area (Å²) >= 11 is 5.82. The van der Waals surface area contributed by atoms with E-state index >= 15 is 0 Å². The van der Waals surface area contributed by atoms with Crippen molar-refractivity contribution in [1.29, 1.82) is 0 Å². The van der Waals surface area contributed by atoms with E-state index in [1.165, 1.54) is 6.20 Å². The molecular weight excluding hydrogens is 269 g/mol. The van der Waals surface area contributed by atoms with Crippen LogP contribution in [0.1, 0.15) is 16.1 Å². The average molecular weight is 275 g/mol. The van der Waals surface area contributed by atoms with Crippen molar-refractivity contribution in [3.63, 3.8) is 0 Å². The van der Waals surface area contributed by atoms with Gasteiger partial charge in [0.2, 0.25) is 0 Å². The van der Waals surface area contributed by atoms with E-state index in [-0.39, 0.29) is 22.1 Å². The Balaban J connectivity index is 2.52. The highest BCUT2D eigenvalue weighted by molar-refractivity contribution is 6.33. The molecule has 1 N–H and O–H groups in total. The molecule has 0 aliphatic heterocycles. The number of halogens is 4. The van der Waals surface area contributed by atoms with E-state index in [1.54, 1.807) is 0 Å². The van der Waals surface area contributed by atoms with Gasteiger partial charge < -0.3 is 4.98 Å². The third-order valence-electron chi connectivity index (χ3n) is 2.27. The van der Waals surface area contributed by atoms with Crippen LogP contribution in [0.3, 0.4) is 0 Å². The van der Waals surface area contributed by atoms with Crippen molar-refractivity contribution in [1.82, 2.24) is 9.97 Å². The van der Waals surface area contributed by atoms with E-state index in [4.69, 9.17) is 11.6 Å². The van der Waals surface area contributed by atoms with Crippen molar-refractivity contribution in [3.8, 4) is 11.4 Å². The van der Waals surface area contributed by atoms with E-state index in [2.05, 4.69) is 9.97 Å². The quantitative estimate of drug-likeness (QED) is 0.851. The number of carbonyl (C=O) groups is 1. The molecule has 0 unspecified atom stereocenters. The molecule has 0 radical (unpaired) electrons. The summed E-state index contributed by atoms with van der Waals surface area (Å²) in [4.78, 5) is 16.8. The van der Waals surface area contributed by atoms with E-state index in [9.17, 15) is 18.0 Å². The van der Waals surface area contributed by atoms with E-state index in [1.807, 2.05) is 0 Å². The molecule has 0 bridgehead atoms. The van der Waals surface area contributed by atoms with Gasteiger partial charge in [0.15, 0.2) is 6.29 Å². The minimum atomic E-state index is -4.46. The number of carbonyl (C=O) groups excluding carboxylic acids is 1. The normalized spacial score (nSPS) is 11.6. The fourth-order valence-electron chi connectivity index (χ4n) is 1.42. The first-order chi connectivity index (χ1) is 8.41. The lowest BCUT2D eigenvalue weighted by molar-refractivity contribution is -0.137. The topological polar surface area (TPSA) is 45.8 Å². The van der Waals surface area contributed by atoms with Gasteiger partial charge in [0.05, 0.1) is 22.5 Å². The lowest BCUT2D eigenvalue weighted by Gasteiger charge is -2.08. The minimum Gasteiger partial charge on any atom is -0.336 e. The Labute approximate surface area is 105 Å². The molecule has 3 nitrogen and oxygen atoms in total. The number of aldehydes is 1. The highest BCUT2D eigenvalue weighted by Gasteiger charge is 2.31. The number of nitrogens with zero attached hydrogens (tertiary/aromatic N) is 1. The number of H-pyrrole nitrogens is 1. The summed E-state index contributed by atoms with van der Waals surface area (Å²) in [5.74, 6) is 0.119. The van der Waals surface area contributed by atoms with Gasteiger partial charge >= 0.3 is 6.18 Å². The van der Waals surface area contributed by atoms with Crippen LogP contribution in [0.2, 0.25) is 5.02 Å². The molecular formula is C11H6ClF3N2O.